The molecule has 1 heterocycles. The van der Waals surface area contributed by atoms with E-state index < -0.39 is 0 Å². The summed E-state index contributed by atoms with van der Waals surface area (Å²) in [7, 11) is 3.83. The van der Waals surface area contributed by atoms with Gasteiger partial charge < -0.3 is 10.6 Å². The number of hydrogen-bond acceptors (Lipinski definition) is 3. The van der Waals surface area contributed by atoms with Gasteiger partial charge in [0.05, 0.1) is 5.69 Å². The van der Waals surface area contributed by atoms with Gasteiger partial charge in [-0.3, -0.25) is 14.6 Å². The Hall–Kier alpha value is -0.830. The molecule has 0 saturated heterocycles. The lowest BCUT2D eigenvalue weighted by atomic mass is 10.1. The van der Waals surface area contributed by atoms with Gasteiger partial charge in [0.1, 0.15) is 0 Å². The first-order chi connectivity index (χ1) is 12.2. The summed E-state index contributed by atoms with van der Waals surface area (Å²) in [4.78, 5) is 6.89. The van der Waals surface area contributed by atoms with Gasteiger partial charge >= 0.3 is 0 Å². The quantitative estimate of drug-likeness (QED) is 0.241. The van der Waals surface area contributed by atoms with Crippen molar-refractivity contribution < 1.29 is 0 Å². The van der Waals surface area contributed by atoms with E-state index >= 15 is 0 Å². The number of aliphatic imine (C=N–C) groups is 1. The van der Waals surface area contributed by atoms with Crippen LogP contribution in [0.4, 0.5) is 0 Å². The van der Waals surface area contributed by atoms with E-state index in [-0.39, 0.29) is 24.0 Å². The van der Waals surface area contributed by atoms with Crippen LogP contribution in [0.1, 0.15) is 58.0 Å². The minimum Gasteiger partial charge on any atom is -0.356 e. The van der Waals surface area contributed by atoms with E-state index in [1.807, 2.05) is 18.8 Å². The largest absolute Gasteiger partial charge is 0.356 e. The second-order valence-electron chi connectivity index (χ2n) is 7.80. The van der Waals surface area contributed by atoms with E-state index in [1.54, 1.807) is 0 Å². The Bertz CT molecular complexity index is 571. The summed E-state index contributed by atoms with van der Waals surface area (Å²) in [6.07, 6.45) is 2.05. The van der Waals surface area contributed by atoms with Gasteiger partial charge in [-0.2, -0.15) is 5.10 Å². The predicted octanol–water partition coefficient (Wildman–Crippen LogP) is 3.26. The first-order valence-corrected chi connectivity index (χ1v) is 9.89. The minimum atomic E-state index is 0. The lowest BCUT2D eigenvalue weighted by molar-refractivity contribution is 0.173. The topological polar surface area (TPSA) is 57.5 Å². The molecule has 0 aliphatic heterocycles. The van der Waals surface area contributed by atoms with Crippen molar-refractivity contribution in [3.8, 4) is 0 Å². The molecule has 0 aliphatic carbocycles. The van der Waals surface area contributed by atoms with Gasteiger partial charge in [-0.15, -0.1) is 24.0 Å². The summed E-state index contributed by atoms with van der Waals surface area (Å²) in [5.41, 5.74) is 3.68. The number of halogens is 1. The summed E-state index contributed by atoms with van der Waals surface area (Å²) >= 11 is 0. The van der Waals surface area contributed by atoms with Crippen LogP contribution < -0.4 is 10.6 Å². The molecule has 1 aromatic rings. The lowest BCUT2D eigenvalue weighted by Gasteiger charge is -2.30. The van der Waals surface area contributed by atoms with Crippen LogP contribution >= 0.6 is 24.0 Å². The predicted molar refractivity (Wildman–Crippen MR) is 127 cm³/mol. The zero-order valence-electron chi connectivity index (χ0n) is 18.8. The standard InChI is InChI=1S/C20H40N6.HI/c1-14(2)26(15(3)4)12-10-11-22-20(21-8)23-16(5)13-19-17(6)24-25(9)18(19)7;/h14-16H,10-13H2,1-9H3,(H2,21,22,23);1H. The highest BCUT2D eigenvalue weighted by atomic mass is 127. The second-order valence-corrected chi connectivity index (χ2v) is 7.80. The molecule has 2 N–H and O–H groups in total. The second kappa shape index (κ2) is 12.6. The molecule has 1 aromatic heterocycles. The Kier molecular flexibility index (Phi) is 12.2. The van der Waals surface area contributed by atoms with Gasteiger partial charge in [-0.05, 0) is 66.9 Å². The van der Waals surface area contributed by atoms with Gasteiger partial charge in [0.2, 0.25) is 0 Å². The Morgan fingerprint density at radius 1 is 1.15 bits per heavy atom. The van der Waals surface area contributed by atoms with Crippen LogP contribution in [0, 0.1) is 13.8 Å². The molecular weight excluding hydrogens is 451 g/mol. The first-order valence-electron chi connectivity index (χ1n) is 9.89. The normalized spacial score (nSPS) is 13.3. The molecule has 158 valence electrons. The van der Waals surface area contributed by atoms with Crippen LogP contribution in [0.15, 0.2) is 4.99 Å². The van der Waals surface area contributed by atoms with Gasteiger partial charge in [0, 0.05) is 51.0 Å². The highest BCUT2D eigenvalue weighted by Gasteiger charge is 2.15. The molecule has 1 rings (SSSR count). The average Bonchev–Trinajstić information content (AvgIpc) is 2.79. The van der Waals surface area contributed by atoms with Crippen molar-refractivity contribution in [2.24, 2.45) is 12.0 Å². The van der Waals surface area contributed by atoms with E-state index in [9.17, 15) is 0 Å². The molecule has 1 atom stereocenters. The molecule has 0 bridgehead atoms. The summed E-state index contributed by atoms with van der Waals surface area (Å²) in [5, 5.41) is 11.5. The van der Waals surface area contributed by atoms with E-state index in [1.165, 1.54) is 11.3 Å². The monoisotopic (exact) mass is 492 g/mol. The van der Waals surface area contributed by atoms with Gasteiger partial charge in [-0.1, -0.05) is 0 Å². The van der Waals surface area contributed by atoms with Crippen molar-refractivity contribution in [2.75, 3.05) is 20.1 Å². The fourth-order valence-corrected chi connectivity index (χ4v) is 3.48. The van der Waals surface area contributed by atoms with Crippen LogP contribution in [0.25, 0.3) is 0 Å². The lowest BCUT2D eigenvalue weighted by Crippen LogP contribution is -2.44. The fourth-order valence-electron chi connectivity index (χ4n) is 3.48. The van der Waals surface area contributed by atoms with Crippen molar-refractivity contribution in [2.45, 2.75) is 79.4 Å². The summed E-state index contributed by atoms with van der Waals surface area (Å²) in [6, 6.07) is 1.46. The zero-order chi connectivity index (χ0) is 19.9. The van der Waals surface area contributed by atoms with Gasteiger partial charge in [0.25, 0.3) is 0 Å². The van der Waals surface area contributed by atoms with E-state index in [0.29, 0.717) is 18.1 Å². The summed E-state index contributed by atoms with van der Waals surface area (Å²) in [6.45, 7) is 17.5. The Labute approximate surface area is 183 Å². The third kappa shape index (κ3) is 8.37. The molecule has 7 heteroatoms. The fraction of sp³-hybridized carbons (Fsp3) is 0.800. The summed E-state index contributed by atoms with van der Waals surface area (Å²) in [5.74, 6) is 0.873. The number of rotatable bonds is 9. The Morgan fingerprint density at radius 3 is 2.19 bits per heavy atom. The minimum absolute atomic E-state index is 0. The highest BCUT2D eigenvalue weighted by molar-refractivity contribution is 14.0. The molecule has 0 spiro atoms. The van der Waals surface area contributed by atoms with E-state index in [0.717, 1.165) is 37.6 Å². The smallest absolute Gasteiger partial charge is 0.191 e. The number of hydrogen-bond donors (Lipinski definition) is 2. The zero-order valence-corrected chi connectivity index (χ0v) is 21.1. The van der Waals surface area contributed by atoms with E-state index in [2.05, 4.69) is 74.1 Å². The molecule has 6 nitrogen and oxygen atoms in total. The molecule has 0 amide bonds. The molecule has 0 radical (unpaired) electrons. The van der Waals surface area contributed by atoms with Crippen molar-refractivity contribution in [1.29, 1.82) is 0 Å². The number of aryl methyl sites for hydroxylation is 2. The molecule has 0 aromatic carbocycles. The molecular formula is C20H41IN6. The molecule has 0 saturated carbocycles. The average molecular weight is 492 g/mol. The first kappa shape index (κ1) is 26.2. The molecule has 0 fully saturated rings. The molecule has 0 aliphatic rings. The van der Waals surface area contributed by atoms with Crippen LogP contribution in [-0.4, -0.2) is 58.9 Å². The number of aromatic nitrogens is 2. The SMILES string of the molecule is CN=C(NCCCN(C(C)C)C(C)C)NC(C)Cc1c(C)nn(C)c1C.I. The Morgan fingerprint density at radius 2 is 1.74 bits per heavy atom. The van der Waals surface area contributed by atoms with Crippen molar-refractivity contribution in [1.82, 2.24) is 25.3 Å². The van der Waals surface area contributed by atoms with Crippen molar-refractivity contribution >= 4 is 29.9 Å². The van der Waals surface area contributed by atoms with Gasteiger partial charge in [-0.25, -0.2) is 0 Å². The van der Waals surface area contributed by atoms with Gasteiger partial charge in [0.15, 0.2) is 5.96 Å². The highest BCUT2D eigenvalue weighted by Crippen LogP contribution is 2.14. The van der Waals surface area contributed by atoms with Crippen molar-refractivity contribution in [3.63, 3.8) is 0 Å². The van der Waals surface area contributed by atoms with Crippen LogP contribution in [0.5, 0.6) is 0 Å². The number of nitrogens with zero attached hydrogens (tertiary/aromatic N) is 4. The molecule has 1 unspecified atom stereocenters. The molecule has 27 heavy (non-hydrogen) atoms. The van der Waals surface area contributed by atoms with Crippen LogP contribution in [0.2, 0.25) is 0 Å². The third-order valence-electron chi connectivity index (χ3n) is 4.99. The van der Waals surface area contributed by atoms with Crippen LogP contribution in [0.3, 0.4) is 0 Å². The number of nitrogens with one attached hydrogen (secondary N) is 2. The van der Waals surface area contributed by atoms with Crippen LogP contribution in [-0.2, 0) is 13.5 Å². The maximum atomic E-state index is 4.51. The maximum Gasteiger partial charge on any atom is 0.191 e. The number of guanidine groups is 1. The van der Waals surface area contributed by atoms with Crippen molar-refractivity contribution in [3.05, 3.63) is 17.0 Å². The third-order valence-corrected chi connectivity index (χ3v) is 4.99. The maximum absolute atomic E-state index is 4.51. The Balaban J connectivity index is 0.00000676. The summed E-state index contributed by atoms with van der Waals surface area (Å²) < 4.78 is 1.96. The van der Waals surface area contributed by atoms with E-state index in [4.69, 9.17) is 0 Å².